The molecule has 0 heterocycles. The molecular weight excluding hydrogens is 869 g/mol. The first-order valence-corrected chi connectivity index (χ1v) is 16.2. The average molecular weight is 942 g/mol. The fourth-order valence-electron chi connectivity index (χ4n) is 5.29. The van der Waals surface area contributed by atoms with Crippen LogP contribution in [0.25, 0.3) is 0 Å². The van der Waals surface area contributed by atoms with E-state index in [4.69, 9.17) is 0 Å². The van der Waals surface area contributed by atoms with Crippen molar-refractivity contribution in [2.45, 2.75) is 158 Å². The van der Waals surface area contributed by atoms with Crippen molar-refractivity contribution < 1.29 is 113 Å². The fraction of sp³-hybridized carbons (Fsp3) is 1.00. The quantitative estimate of drug-likeness (QED) is 0.0846. The van der Waals surface area contributed by atoms with Gasteiger partial charge in [-0.2, -0.15) is 0 Å². The van der Waals surface area contributed by atoms with Gasteiger partial charge in [0.2, 0.25) is 0 Å². The van der Waals surface area contributed by atoms with Crippen LogP contribution in [0.5, 0.6) is 0 Å². The van der Waals surface area contributed by atoms with E-state index in [-0.39, 0.29) is 104 Å². The van der Waals surface area contributed by atoms with Crippen LogP contribution in [-0.4, -0.2) is 61.3 Å². The van der Waals surface area contributed by atoms with Crippen molar-refractivity contribution in [2.24, 2.45) is 0 Å². The zero-order valence-electron chi connectivity index (χ0n) is 28.5. The van der Waals surface area contributed by atoms with Gasteiger partial charge in [0.1, 0.15) is 0 Å². The van der Waals surface area contributed by atoms with Crippen LogP contribution in [-0.2, 0) is 0 Å². The maximum absolute atomic E-state index is 2.33. The first kappa shape index (κ1) is 66.1. The number of hydrogen-bond acceptors (Lipinski definition) is 0. The predicted octanol–water partition coefficient (Wildman–Crippen LogP) is -7.97. The van der Waals surface area contributed by atoms with Gasteiger partial charge in [-0.15, -0.1) is 0 Å². The zero-order valence-corrected chi connectivity index (χ0v) is 36.5. The minimum atomic E-state index is 0. The molecule has 0 unspecified atom stereocenters. The van der Waals surface area contributed by atoms with E-state index in [1.54, 1.807) is 0 Å². The van der Waals surface area contributed by atoms with Crippen molar-refractivity contribution in [2.75, 3.05) is 52.4 Å². The van der Waals surface area contributed by atoms with Gasteiger partial charge in [0.05, 0.1) is 52.4 Å². The van der Waals surface area contributed by atoms with Gasteiger partial charge in [-0.05, 0) is 51.4 Å². The molecule has 0 saturated heterocycles. The Morgan fingerprint density at radius 2 is 0.341 bits per heavy atom. The summed E-state index contributed by atoms with van der Waals surface area (Å²) in [5.74, 6) is 0. The third-order valence-corrected chi connectivity index (χ3v) is 7.89. The minimum absolute atomic E-state index is 0. The standard InChI is InChI=1S/2C16H36N.6ClH.Pu/c2*1-5-9-13-17(14-10-6-2,15-11-7-3)16-12-8-4;;;;;;;/h2*5-16H2,1-4H3;6*1H;/q2*+1;;;;;;;/p-6. The average Bonchev–Trinajstić information content (AvgIpc) is 2.87. The number of quaternary nitrogens is 2. The van der Waals surface area contributed by atoms with Crippen LogP contribution in [0.15, 0.2) is 0 Å². The molecule has 0 rings (SSSR count). The molecule has 0 spiro atoms. The van der Waals surface area contributed by atoms with Crippen LogP contribution < -0.4 is 74.4 Å². The second kappa shape index (κ2) is 49.5. The summed E-state index contributed by atoms with van der Waals surface area (Å²) < 4.78 is 2.84. The molecule has 0 N–H and O–H groups in total. The van der Waals surface area contributed by atoms with Crippen molar-refractivity contribution in [3.8, 4) is 0 Å². The fourth-order valence-corrected chi connectivity index (χ4v) is 5.29. The number of hydrogen-bond donors (Lipinski definition) is 0. The molecular formula is C32H72Cl6N2Pu-4. The van der Waals surface area contributed by atoms with Gasteiger partial charge in [0.25, 0.3) is 0 Å². The van der Waals surface area contributed by atoms with E-state index in [2.05, 4.69) is 55.4 Å². The van der Waals surface area contributed by atoms with Crippen LogP contribution in [0.4, 0.5) is 0 Å². The van der Waals surface area contributed by atoms with Crippen molar-refractivity contribution in [3.05, 3.63) is 0 Å². The van der Waals surface area contributed by atoms with Gasteiger partial charge in [-0.25, -0.2) is 0 Å². The summed E-state index contributed by atoms with van der Waals surface area (Å²) in [6.07, 6.45) is 22.1. The number of unbranched alkanes of at least 4 members (excludes halogenated alkanes) is 8. The van der Waals surface area contributed by atoms with E-state index in [1.165, 1.54) is 164 Å². The third kappa shape index (κ3) is 38.7. The van der Waals surface area contributed by atoms with Crippen LogP contribution in [0, 0.1) is 29.2 Å². The Morgan fingerprint density at radius 3 is 0.415 bits per heavy atom. The van der Waals surface area contributed by atoms with Gasteiger partial charge in [-0.1, -0.05) is 107 Å². The van der Waals surface area contributed by atoms with Crippen LogP contribution in [0.2, 0.25) is 0 Å². The van der Waals surface area contributed by atoms with Gasteiger partial charge < -0.3 is 83.4 Å². The van der Waals surface area contributed by atoms with Crippen LogP contribution >= 0.6 is 0 Å². The van der Waals surface area contributed by atoms with Crippen LogP contribution in [0.1, 0.15) is 158 Å². The Hall–Kier alpha value is 2.65. The Morgan fingerprint density at radius 1 is 0.244 bits per heavy atom. The SMILES string of the molecule is CCCC[N+](CCCC)(CCCC)CCCC.CCCC[N+](CCCC)(CCCC)CCCC.[Cl-].[Cl-].[Cl-].[Cl-].[Cl-].[Cl-].[Pu]. The van der Waals surface area contributed by atoms with E-state index in [9.17, 15) is 0 Å². The minimum Gasteiger partial charge on any atom is -1.00 e. The molecule has 0 aliphatic rings. The van der Waals surface area contributed by atoms with E-state index in [1.807, 2.05) is 0 Å². The molecule has 9 heteroatoms. The molecule has 0 aromatic rings. The summed E-state index contributed by atoms with van der Waals surface area (Å²) in [7, 11) is 0. The maximum Gasteiger partial charge on any atom is 0.0786 e. The predicted molar refractivity (Wildman–Crippen MR) is 159 cm³/mol. The first-order valence-electron chi connectivity index (χ1n) is 16.2. The molecule has 0 atom stereocenters. The van der Waals surface area contributed by atoms with Crippen molar-refractivity contribution in [1.29, 1.82) is 0 Å². The summed E-state index contributed by atoms with van der Waals surface area (Å²) in [4.78, 5) is 0. The maximum atomic E-state index is 2.33. The molecule has 0 amide bonds. The Bertz CT molecular complexity index is 299. The molecule has 0 aromatic heterocycles. The van der Waals surface area contributed by atoms with Gasteiger partial charge in [-0.3, -0.25) is 0 Å². The topological polar surface area (TPSA) is 0 Å². The molecule has 0 saturated carbocycles. The summed E-state index contributed by atoms with van der Waals surface area (Å²) in [5.41, 5.74) is 0. The normalized spacial score (nSPS) is 9.95. The molecule has 0 bridgehead atoms. The second-order valence-electron chi connectivity index (χ2n) is 11.3. The van der Waals surface area contributed by atoms with E-state index in [0.717, 1.165) is 0 Å². The number of nitrogens with zero attached hydrogens (tertiary/aromatic N) is 2. The Balaban J connectivity index is -0.0000000610. The third-order valence-electron chi connectivity index (χ3n) is 7.89. The smallest absolute Gasteiger partial charge is 0.0786 e. The summed E-state index contributed by atoms with van der Waals surface area (Å²) in [6.45, 7) is 30.0. The molecule has 262 valence electrons. The zero-order chi connectivity index (χ0) is 26.0. The first-order chi connectivity index (χ1) is 16.5. The summed E-state index contributed by atoms with van der Waals surface area (Å²) in [5, 5.41) is 0. The monoisotopic (exact) mass is 932 g/mol. The van der Waals surface area contributed by atoms with E-state index >= 15 is 0 Å². The van der Waals surface area contributed by atoms with E-state index in [0.29, 0.717) is 0 Å². The molecule has 2 nitrogen and oxygen atoms in total. The van der Waals surface area contributed by atoms with Crippen molar-refractivity contribution in [1.82, 2.24) is 0 Å². The number of rotatable bonds is 24. The molecule has 0 aromatic carbocycles. The van der Waals surface area contributed by atoms with Crippen molar-refractivity contribution >= 4 is 0 Å². The van der Waals surface area contributed by atoms with Gasteiger partial charge >= 0.3 is 0 Å². The van der Waals surface area contributed by atoms with Gasteiger partial charge in [0.15, 0.2) is 0 Å². The molecule has 0 aliphatic carbocycles. The van der Waals surface area contributed by atoms with Gasteiger partial charge in [0, 0.05) is 29.2 Å². The summed E-state index contributed by atoms with van der Waals surface area (Å²) in [6, 6.07) is 0. The Kier molecular flexibility index (Phi) is 79.9. The van der Waals surface area contributed by atoms with Crippen LogP contribution in [0.3, 0.4) is 0 Å². The molecule has 0 aliphatic heterocycles. The Labute approximate surface area is 320 Å². The number of halogens is 6. The van der Waals surface area contributed by atoms with Crippen molar-refractivity contribution in [3.63, 3.8) is 0 Å². The molecule has 0 fully saturated rings. The molecule has 41 heavy (non-hydrogen) atoms. The summed E-state index contributed by atoms with van der Waals surface area (Å²) >= 11 is 0. The van der Waals surface area contributed by atoms with E-state index < -0.39 is 0 Å². The largest absolute Gasteiger partial charge is 1.00 e. The second-order valence-corrected chi connectivity index (χ2v) is 11.3. The molecule has 0 radical (unpaired) electrons.